The SMILES string of the molecule is O=C(O)c1cc(S(=O)(=O)Nc2cc(F)c(Br)cc2F)cs1. The lowest BCUT2D eigenvalue weighted by Gasteiger charge is -2.08. The van der Waals surface area contributed by atoms with E-state index in [9.17, 15) is 22.0 Å². The van der Waals surface area contributed by atoms with Gasteiger partial charge >= 0.3 is 5.97 Å². The molecule has 0 amide bonds. The van der Waals surface area contributed by atoms with E-state index in [4.69, 9.17) is 5.11 Å². The fourth-order valence-electron chi connectivity index (χ4n) is 1.38. The number of hydrogen-bond donors (Lipinski definition) is 2. The van der Waals surface area contributed by atoms with Crippen LogP contribution in [0.15, 0.2) is 32.9 Å². The third-order valence-corrected chi connectivity index (χ3v) is 5.37. The minimum absolute atomic E-state index is 0.147. The fraction of sp³-hybridized carbons (Fsp3) is 0. The summed E-state index contributed by atoms with van der Waals surface area (Å²) in [6.45, 7) is 0. The van der Waals surface area contributed by atoms with Gasteiger partial charge in [-0.1, -0.05) is 0 Å². The Morgan fingerprint density at radius 1 is 1.24 bits per heavy atom. The molecule has 1 aromatic heterocycles. The van der Waals surface area contributed by atoms with Gasteiger partial charge in [0.2, 0.25) is 0 Å². The Labute approximate surface area is 130 Å². The first-order chi connectivity index (χ1) is 9.70. The summed E-state index contributed by atoms with van der Waals surface area (Å²) < 4.78 is 52.6. The van der Waals surface area contributed by atoms with E-state index in [0.717, 1.165) is 17.5 Å². The molecule has 0 bridgehead atoms. The van der Waals surface area contributed by atoms with Crippen LogP contribution in [0.3, 0.4) is 0 Å². The number of halogens is 3. The highest BCUT2D eigenvalue weighted by Gasteiger charge is 2.21. The lowest BCUT2D eigenvalue weighted by Crippen LogP contribution is -2.13. The molecule has 0 aliphatic carbocycles. The molecule has 21 heavy (non-hydrogen) atoms. The Balaban J connectivity index is 2.37. The van der Waals surface area contributed by atoms with E-state index in [-0.39, 0.29) is 14.2 Å². The number of benzene rings is 1. The third-order valence-electron chi connectivity index (χ3n) is 2.35. The minimum Gasteiger partial charge on any atom is -0.477 e. The first-order valence-corrected chi connectivity index (χ1v) is 8.35. The van der Waals surface area contributed by atoms with Gasteiger partial charge in [-0.05, 0) is 28.1 Å². The van der Waals surface area contributed by atoms with Crippen molar-refractivity contribution in [1.82, 2.24) is 0 Å². The first kappa shape index (κ1) is 15.9. The number of carboxylic acid groups (broad SMARTS) is 1. The van der Waals surface area contributed by atoms with Crippen LogP contribution in [0.5, 0.6) is 0 Å². The molecule has 5 nitrogen and oxygen atoms in total. The molecule has 2 rings (SSSR count). The van der Waals surface area contributed by atoms with Gasteiger partial charge in [-0.2, -0.15) is 0 Å². The Morgan fingerprint density at radius 2 is 1.90 bits per heavy atom. The van der Waals surface area contributed by atoms with Gasteiger partial charge in [0.15, 0.2) is 0 Å². The van der Waals surface area contributed by atoms with E-state index in [1.54, 1.807) is 0 Å². The highest BCUT2D eigenvalue weighted by Crippen LogP contribution is 2.27. The lowest BCUT2D eigenvalue weighted by molar-refractivity contribution is 0.0702. The molecule has 10 heteroatoms. The van der Waals surface area contributed by atoms with Crippen LogP contribution in [0, 0.1) is 11.6 Å². The summed E-state index contributed by atoms with van der Waals surface area (Å²) in [5.41, 5.74) is -0.571. The Morgan fingerprint density at radius 3 is 2.48 bits per heavy atom. The predicted octanol–water partition coefficient (Wildman–Crippen LogP) is 3.29. The van der Waals surface area contributed by atoms with E-state index in [2.05, 4.69) is 15.9 Å². The molecule has 0 radical (unpaired) electrons. The Kier molecular flexibility index (Phi) is 4.30. The van der Waals surface area contributed by atoms with E-state index in [1.807, 2.05) is 4.72 Å². The van der Waals surface area contributed by atoms with Crippen LogP contribution in [-0.2, 0) is 10.0 Å². The number of sulfonamides is 1. The number of nitrogens with one attached hydrogen (secondary N) is 1. The van der Waals surface area contributed by atoms with Crippen molar-refractivity contribution in [3.05, 3.63) is 44.6 Å². The highest BCUT2D eigenvalue weighted by atomic mass is 79.9. The van der Waals surface area contributed by atoms with Gasteiger partial charge in [-0.15, -0.1) is 11.3 Å². The van der Waals surface area contributed by atoms with Crippen LogP contribution >= 0.6 is 27.3 Å². The van der Waals surface area contributed by atoms with E-state index in [1.165, 1.54) is 0 Å². The maximum Gasteiger partial charge on any atom is 0.345 e. The molecular formula is C11H6BrF2NO4S2. The molecule has 2 N–H and O–H groups in total. The van der Waals surface area contributed by atoms with Crippen molar-refractivity contribution in [3.8, 4) is 0 Å². The molecule has 0 spiro atoms. The maximum atomic E-state index is 13.6. The first-order valence-electron chi connectivity index (χ1n) is 5.20. The number of thiophene rings is 1. The third kappa shape index (κ3) is 3.39. The molecule has 1 heterocycles. The van der Waals surface area contributed by atoms with Crippen molar-refractivity contribution in [2.75, 3.05) is 4.72 Å². The normalized spacial score (nSPS) is 11.4. The van der Waals surface area contributed by atoms with Gasteiger partial charge in [-0.3, -0.25) is 4.72 Å². The smallest absolute Gasteiger partial charge is 0.345 e. The van der Waals surface area contributed by atoms with Crippen LogP contribution in [0.25, 0.3) is 0 Å². The summed E-state index contributed by atoms with van der Waals surface area (Å²) in [4.78, 5) is 10.2. The van der Waals surface area contributed by atoms with Crippen LogP contribution in [0.2, 0.25) is 0 Å². The summed E-state index contributed by atoms with van der Waals surface area (Å²) in [5.74, 6) is -3.09. The monoisotopic (exact) mass is 397 g/mol. The van der Waals surface area contributed by atoms with E-state index >= 15 is 0 Å². The zero-order valence-corrected chi connectivity index (χ0v) is 13.2. The summed E-state index contributed by atoms with van der Waals surface area (Å²) in [6.07, 6.45) is 0. The fourth-order valence-corrected chi connectivity index (χ4v) is 3.86. The molecule has 0 atom stereocenters. The number of carbonyl (C=O) groups is 1. The van der Waals surface area contributed by atoms with Crippen molar-refractivity contribution in [3.63, 3.8) is 0 Å². The topological polar surface area (TPSA) is 83.5 Å². The molecule has 0 aliphatic heterocycles. The minimum atomic E-state index is -4.20. The molecule has 112 valence electrons. The summed E-state index contributed by atoms with van der Waals surface area (Å²) in [7, 11) is -4.20. The van der Waals surface area contributed by atoms with Gasteiger partial charge < -0.3 is 5.11 Å². The number of anilines is 1. The summed E-state index contributed by atoms with van der Waals surface area (Å²) in [5, 5.41) is 9.84. The van der Waals surface area contributed by atoms with Crippen LogP contribution < -0.4 is 4.72 Å². The van der Waals surface area contributed by atoms with Crippen LogP contribution in [0.1, 0.15) is 9.67 Å². The second-order valence-electron chi connectivity index (χ2n) is 3.80. The number of hydrogen-bond acceptors (Lipinski definition) is 4. The quantitative estimate of drug-likeness (QED) is 0.775. The molecule has 0 saturated heterocycles. The van der Waals surface area contributed by atoms with Gasteiger partial charge in [0.05, 0.1) is 15.1 Å². The number of aromatic carboxylic acids is 1. The van der Waals surface area contributed by atoms with Crippen molar-refractivity contribution in [2.24, 2.45) is 0 Å². The van der Waals surface area contributed by atoms with Crippen LogP contribution in [-0.4, -0.2) is 19.5 Å². The molecule has 0 fully saturated rings. The van der Waals surface area contributed by atoms with E-state index in [0.29, 0.717) is 17.4 Å². The molecule has 1 aromatic carbocycles. The summed E-state index contributed by atoms with van der Waals surface area (Å²) >= 11 is 3.48. The van der Waals surface area contributed by atoms with Crippen molar-refractivity contribution in [1.29, 1.82) is 0 Å². The highest BCUT2D eigenvalue weighted by molar-refractivity contribution is 9.10. The Bertz CT molecular complexity index is 820. The molecular weight excluding hydrogens is 392 g/mol. The average Bonchev–Trinajstić information content (AvgIpc) is 2.86. The zero-order valence-electron chi connectivity index (χ0n) is 9.93. The molecule has 0 unspecified atom stereocenters. The second kappa shape index (κ2) is 5.70. The molecule has 0 aliphatic rings. The van der Waals surface area contributed by atoms with Crippen LogP contribution in [0.4, 0.5) is 14.5 Å². The molecule has 0 saturated carbocycles. The second-order valence-corrected chi connectivity index (χ2v) is 7.25. The zero-order chi connectivity index (χ0) is 15.8. The van der Waals surface area contributed by atoms with Gasteiger partial charge in [-0.25, -0.2) is 22.0 Å². The number of rotatable bonds is 4. The van der Waals surface area contributed by atoms with Gasteiger partial charge in [0.25, 0.3) is 10.0 Å². The van der Waals surface area contributed by atoms with Crippen molar-refractivity contribution >= 4 is 48.9 Å². The van der Waals surface area contributed by atoms with Crippen molar-refractivity contribution in [2.45, 2.75) is 4.90 Å². The van der Waals surface area contributed by atoms with E-state index < -0.39 is 33.3 Å². The standard InChI is InChI=1S/C11H6BrF2NO4S2/c12-6-2-8(14)9(3-7(6)13)15-21(18,19)5-1-10(11(16)17)20-4-5/h1-4,15H,(H,16,17). The van der Waals surface area contributed by atoms with Gasteiger partial charge in [0.1, 0.15) is 16.5 Å². The predicted molar refractivity (Wildman–Crippen MR) is 76.1 cm³/mol. The summed E-state index contributed by atoms with van der Waals surface area (Å²) in [6, 6.07) is 2.40. The maximum absolute atomic E-state index is 13.6. The van der Waals surface area contributed by atoms with Gasteiger partial charge in [0, 0.05) is 11.4 Å². The number of carboxylic acids is 1. The largest absolute Gasteiger partial charge is 0.477 e. The Hall–Kier alpha value is -1.52. The molecule has 2 aromatic rings. The average molecular weight is 398 g/mol. The lowest BCUT2D eigenvalue weighted by atomic mass is 10.3. The van der Waals surface area contributed by atoms with Crippen molar-refractivity contribution < 1.29 is 27.1 Å².